The minimum absolute atomic E-state index is 0.0583. The van der Waals surface area contributed by atoms with E-state index >= 15 is 0 Å². The van der Waals surface area contributed by atoms with Gasteiger partial charge in [0.05, 0.1) is 11.1 Å². The van der Waals surface area contributed by atoms with E-state index in [1.54, 1.807) is 17.3 Å². The molecule has 4 fully saturated rings. The van der Waals surface area contributed by atoms with Crippen molar-refractivity contribution in [1.82, 2.24) is 15.2 Å². The van der Waals surface area contributed by atoms with Crippen LogP contribution < -0.4 is 5.32 Å². The van der Waals surface area contributed by atoms with Gasteiger partial charge in [-0.1, -0.05) is 18.2 Å². The van der Waals surface area contributed by atoms with E-state index in [2.05, 4.69) is 17.2 Å². The van der Waals surface area contributed by atoms with Crippen LogP contribution in [0.5, 0.6) is 0 Å². The summed E-state index contributed by atoms with van der Waals surface area (Å²) in [6.07, 6.45) is 11.5. The molecule has 1 aromatic carbocycles. The largest absolute Gasteiger partial charge is 0.349 e. The first-order valence-corrected chi connectivity index (χ1v) is 12.1. The molecule has 4 saturated carbocycles. The number of carbonyl (C=O) groups is 2. The fourth-order valence-electron chi connectivity index (χ4n) is 7.58. The second-order valence-corrected chi connectivity index (χ2v) is 10.8. The van der Waals surface area contributed by atoms with Crippen molar-refractivity contribution in [3.8, 4) is 0 Å². The number of nitrogens with zero attached hydrogens (tertiary/aromatic N) is 2. The summed E-state index contributed by atoms with van der Waals surface area (Å²) in [6, 6.07) is 9.69. The summed E-state index contributed by atoms with van der Waals surface area (Å²) in [7, 11) is 0. The Morgan fingerprint density at radius 2 is 1.84 bits per heavy atom. The molecule has 1 aliphatic heterocycles. The predicted molar refractivity (Wildman–Crippen MR) is 122 cm³/mol. The third-order valence-corrected chi connectivity index (χ3v) is 8.71. The van der Waals surface area contributed by atoms with Gasteiger partial charge in [0.25, 0.3) is 11.8 Å². The lowest BCUT2D eigenvalue weighted by atomic mass is 9.48. The Kier molecular flexibility index (Phi) is 4.63. The number of nitrogens with one attached hydrogen (secondary N) is 1. The maximum Gasteiger partial charge on any atom is 0.255 e. The van der Waals surface area contributed by atoms with Crippen molar-refractivity contribution >= 4 is 11.8 Å². The number of pyridine rings is 1. The molecule has 5 aliphatic rings. The molecule has 2 amide bonds. The number of amides is 2. The van der Waals surface area contributed by atoms with E-state index in [9.17, 15) is 9.59 Å². The molecule has 4 bridgehead atoms. The maximum atomic E-state index is 13.4. The quantitative estimate of drug-likeness (QED) is 0.757. The Morgan fingerprint density at radius 1 is 1.12 bits per heavy atom. The number of benzene rings is 1. The monoisotopic (exact) mass is 429 g/mol. The van der Waals surface area contributed by atoms with E-state index in [1.807, 2.05) is 30.3 Å². The number of fused-ring (bicyclic) bond motifs is 1. The zero-order valence-electron chi connectivity index (χ0n) is 18.7. The third kappa shape index (κ3) is 3.25. The van der Waals surface area contributed by atoms with Gasteiger partial charge in [0.15, 0.2) is 0 Å². The Bertz CT molecular complexity index is 1030. The molecule has 4 aliphatic carbocycles. The average Bonchev–Trinajstić information content (AvgIpc) is 3.09. The number of rotatable bonds is 5. The molecule has 0 radical (unpaired) electrons. The molecule has 166 valence electrons. The molecule has 1 N–H and O–H groups in total. The van der Waals surface area contributed by atoms with Gasteiger partial charge in [0, 0.05) is 31.5 Å². The molecule has 7 rings (SSSR count). The zero-order valence-corrected chi connectivity index (χ0v) is 18.7. The van der Waals surface area contributed by atoms with E-state index in [1.165, 1.54) is 38.5 Å². The van der Waals surface area contributed by atoms with Crippen LogP contribution in [0.4, 0.5) is 0 Å². The summed E-state index contributed by atoms with van der Waals surface area (Å²) in [5.41, 5.74) is 3.28. The molecule has 2 aromatic rings. The molecule has 5 nitrogen and oxygen atoms in total. The lowest BCUT2D eigenvalue weighted by Crippen LogP contribution is -2.55. The van der Waals surface area contributed by atoms with Crippen molar-refractivity contribution in [2.24, 2.45) is 23.2 Å². The zero-order chi connectivity index (χ0) is 21.9. The molecule has 1 aromatic heterocycles. The minimum atomic E-state index is -0.0957. The van der Waals surface area contributed by atoms with Crippen molar-refractivity contribution in [3.05, 3.63) is 65.0 Å². The van der Waals surface area contributed by atoms with Gasteiger partial charge in [-0.05, 0) is 91.9 Å². The van der Waals surface area contributed by atoms with Crippen LogP contribution in [-0.4, -0.2) is 27.7 Å². The van der Waals surface area contributed by atoms with Crippen molar-refractivity contribution in [2.45, 2.75) is 64.6 Å². The number of carbonyl (C=O) groups excluding carboxylic acids is 2. The van der Waals surface area contributed by atoms with E-state index in [-0.39, 0.29) is 23.3 Å². The van der Waals surface area contributed by atoms with E-state index in [0.717, 1.165) is 28.9 Å². The molecule has 0 spiro atoms. The Labute approximate surface area is 189 Å². The highest BCUT2D eigenvalue weighted by molar-refractivity contribution is 6.09. The van der Waals surface area contributed by atoms with Gasteiger partial charge < -0.3 is 10.2 Å². The van der Waals surface area contributed by atoms with E-state index < -0.39 is 0 Å². The van der Waals surface area contributed by atoms with Crippen LogP contribution in [0.25, 0.3) is 0 Å². The summed E-state index contributed by atoms with van der Waals surface area (Å²) in [5, 5.41) is 3.35. The van der Waals surface area contributed by atoms with Crippen molar-refractivity contribution < 1.29 is 9.59 Å². The van der Waals surface area contributed by atoms with Gasteiger partial charge in [0.1, 0.15) is 0 Å². The van der Waals surface area contributed by atoms with Crippen molar-refractivity contribution in [1.29, 1.82) is 0 Å². The molecule has 2 heterocycles. The maximum absolute atomic E-state index is 13.4. The van der Waals surface area contributed by atoms with Gasteiger partial charge >= 0.3 is 0 Å². The van der Waals surface area contributed by atoms with Crippen LogP contribution in [0, 0.1) is 23.2 Å². The summed E-state index contributed by atoms with van der Waals surface area (Å²) in [4.78, 5) is 32.6. The molecule has 32 heavy (non-hydrogen) atoms. The number of hydrogen-bond donors (Lipinski definition) is 1. The van der Waals surface area contributed by atoms with Crippen LogP contribution in [0.1, 0.15) is 77.3 Å². The first-order valence-electron chi connectivity index (χ1n) is 12.1. The highest BCUT2D eigenvalue weighted by Gasteiger charge is 2.53. The average molecular weight is 430 g/mol. The predicted octanol–water partition coefficient (Wildman–Crippen LogP) is 4.57. The summed E-state index contributed by atoms with van der Waals surface area (Å²) in [5.74, 6) is 2.40. The second kappa shape index (κ2) is 7.43. The van der Waals surface area contributed by atoms with Gasteiger partial charge in [-0.25, -0.2) is 0 Å². The number of aromatic nitrogens is 1. The Balaban J connectivity index is 1.21. The van der Waals surface area contributed by atoms with Crippen LogP contribution in [-0.2, 0) is 13.1 Å². The topological polar surface area (TPSA) is 62.3 Å². The molecular formula is C27H31N3O2. The molecular weight excluding hydrogens is 398 g/mol. The molecule has 1 atom stereocenters. The summed E-state index contributed by atoms with van der Waals surface area (Å²) >= 11 is 0. The SMILES string of the molecule is C[C@@H](NC(=O)c1cccc2c1C(=O)N(Cc1cccnc1)C2)C12CC3CC(CC(C3)C1)C2. The Hall–Kier alpha value is -2.69. The van der Waals surface area contributed by atoms with Crippen molar-refractivity contribution in [2.75, 3.05) is 0 Å². The van der Waals surface area contributed by atoms with Gasteiger partial charge in [-0.15, -0.1) is 0 Å². The third-order valence-electron chi connectivity index (χ3n) is 8.71. The molecule has 0 saturated heterocycles. The van der Waals surface area contributed by atoms with E-state index in [4.69, 9.17) is 0 Å². The number of hydrogen-bond acceptors (Lipinski definition) is 3. The van der Waals surface area contributed by atoms with Gasteiger partial charge in [-0.3, -0.25) is 14.6 Å². The standard InChI is InChI=1S/C27H31N3O2/c1-17(27-11-19-8-20(12-27)10-21(9-19)13-27)29-25(31)23-6-2-5-22-16-30(26(32)24(22)23)15-18-4-3-7-28-14-18/h2-7,14,17,19-21H,8-13,15-16H2,1H3,(H,29,31)/t17-,19?,20?,21?,27?/m1/s1. The van der Waals surface area contributed by atoms with Crippen molar-refractivity contribution in [3.63, 3.8) is 0 Å². The van der Waals surface area contributed by atoms with Gasteiger partial charge in [-0.2, -0.15) is 0 Å². The van der Waals surface area contributed by atoms with Crippen LogP contribution in [0.15, 0.2) is 42.7 Å². The summed E-state index contributed by atoms with van der Waals surface area (Å²) in [6.45, 7) is 3.24. The fourth-order valence-corrected chi connectivity index (χ4v) is 7.58. The summed E-state index contributed by atoms with van der Waals surface area (Å²) < 4.78 is 0. The van der Waals surface area contributed by atoms with E-state index in [0.29, 0.717) is 24.2 Å². The first kappa shape index (κ1) is 20.0. The lowest BCUT2D eigenvalue weighted by molar-refractivity contribution is -0.0688. The minimum Gasteiger partial charge on any atom is -0.349 e. The van der Waals surface area contributed by atoms with Crippen LogP contribution >= 0.6 is 0 Å². The lowest BCUT2D eigenvalue weighted by Gasteiger charge is -2.59. The molecule has 0 unspecified atom stereocenters. The Morgan fingerprint density at radius 3 is 2.50 bits per heavy atom. The normalized spacial score (nSPS) is 31.0. The van der Waals surface area contributed by atoms with Gasteiger partial charge in [0.2, 0.25) is 0 Å². The highest BCUT2D eigenvalue weighted by Crippen LogP contribution is 2.61. The first-order chi connectivity index (χ1) is 15.5. The van der Waals surface area contributed by atoms with Crippen LogP contribution in [0.3, 0.4) is 0 Å². The highest BCUT2D eigenvalue weighted by atomic mass is 16.2. The van der Waals surface area contributed by atoms with Crippen LogP contribution in [0.2, 0.25) is 0 Å². The molecule has 5 heteroatoms. The smallest absolute Gasteiger partial charge is 0.255 e. The fraction of sp³-hybridized carbons (Fsp3) is 0.519. The second-order valence-electron chi connectivity index (χ2n) is 10.8.